The first-order valence-electron chi connectivity index (χ1n) is 4.14. The Morgan fingerprint density at radius 3 is 2.77 bits per heavy atom. The zero-order valence-electron chi connectivity index (χ0n) is 8.33. The highest BCUT2D eigenvalue weighted by Gasteiger charge is 2.09. The van der Waals surface area contributed by atoms with Crippen LogP contribution in [-0.2, 0) is 9.53 Å². The summed E-state index contributed by atoms with van der Waals surface area (Å²) in [5.74, 6) is 0.274. The number of hydrogen-bond acceptors (Lipinski definition) is 3. The second-order valence-corrected chi connectivity index (χ2v) is 2.73. The number of nitrogens with two attached hydrogens (primary N) is 1. The maximum absolute atomic E-state index is 11.2. The second-order valence-electron chi connectivity index (χ2n) is 2.73. The SMILES string of the molecule is COCCNC(=O)C(C)N=C(C)N. The van der Waals surface area contributed by atoms with Gasteiger partial charge in [-0.1, -0.05) is 0 Å². The number of amidine groups is 1. The molecule has 76 valence electrons. The van der Waals surface area contributed by atoms with E-state index in [1.54, 1.807) is 21.0 Å². The summed E-state index contributed by atoms with van der Waals surface area (Å²) >= 11 is 0. The van der Waals surface area contributed by atoms with Gasteiger partial charge < -0.3 is 15.8 Å². The second kappa shape index (κ2) is 6.42. The molecular weight excluding hydrogens is 170 g/mol. The van der Waals surface area contributed by atoms with Gasteiger partial charge in [-0.2, -0.15) is 0 Å². The van der Waals surface area contributed by atoms with E-state index in [0.717, 1.165) is 0 Å². The van der Waals surface area contributed by atoms with E-state index in [0.29, 0.717) is 19.0 Å². The molecule has 0 aromatic carbocycles. The third-order valence-electron chi connectivity index (χ3n) is 1.38. The van der Waals surface area contributed by atoms with Crippen LogP contribution in [0.2, 0.25) is 0 Å². The quantitative estimate of drug-likeness (QED) is 0.346. The molecule has 1 unspecified atom stereocenters. The van der Waals surface area contributed by atoms with Gasteiger partial charge in [0.05, 0.1) is 12.4 Å². The summed E-state index contributed by atoms with van der Waals surface area (Å²) in [6, 6.07) is -0.429. The van der Waals surface area contributed by atoms with E-state index >= 15 is 0 Å². The van der Waals surface area contributed by atoms with Crippen LogP contribution in [0, 0.1) is 0 Å². The normalized spacial score (nSPS) is 13.9. The Balaban J connectivity index is 3.76. The van der Waals surface area contributed by atoms with Crippen molar-refractivity contribution >= 4 is 11.7 Å². The maximum Gasteiger partial charge on any atom is 0.244 e. The Bertz CT molecular complexity index is 188. The Morgan fingerprint density at radius 1 is 1.69 bits per heavy atom. The minimum Gasteiger partial charge on any atom is -0.388 e. The summed E-state index contributed by atoms with van der Waals surface area (Å²) in [5.41, 5.74) is 5.33. The molecule has 0 radical (unpaired) electrons. The summed E-state index contributed by atoms with van der Waals surface area (Å²) in [6.07, 6.45) is 0. The Kier molecular flexibility index (Phi) is 5.88. The summed E-state index contributed by atoms with van der Waals surface area (Å²) in [6.45, 7) is 4.35. The first-order chi connectivity index (χ1) is 6.07. The predicted octanol–water partition coefficient (Wildman–Crippen LogP) is -0.485. The van der Waals surface area contributed by atoms with Crippen molar-refractivity contribution < 1.29 is 9.53 Å². The summed E-state index contributed by atoms with van der Waals surface area (Å²) in [4.78, 5) is 15.1. The molecular formula is C8H17N3O2. The Hall–Kier alpha value is -1.10. The zero-order valence-corrected chi connectivity index (χ0v) is 8.33. The molecule has 0 fully saturated rings. The molecule has 0 saturated carbocycles. The minimum absolute atomic E-state index is 0.137. The van der Waals surface area contributed by atoms with Crippen LogP contribution in [0.5, 0.6) is 0 Å². The third kappa shape index (κ3) is 6.10. The molecule has 0 bridgehead atoms. The number of amides is 1. The van der Waals surface area contributed by atoms with E-state index in [9.17, 15) is 4.79 Å². The van der Waals surface area contributed by atoms with Gasteiger partial charge in [0.2, 0.25) is 5.91 Å². The molecule has 0 aromatic rings. The van der Waals surface area contributed by atoms with Crippen LogP contribution in [0.4, 0.5) is 0 Å². The van der Waals surface area contributed by atoms with Gasteiger partial charge in [-0.05, 0) is 13.8 Å². The molecule has 5 heteroatoms. The van der Waals surface area contributed by atoms with Crippen LogP contribution in [0.25, 0.3) is 0 Å². The van der Waals surface area contributed by atoms with Crippen LogP contribution >= 0.6 is 0 Å². The highest BCUT2D eigenvalue weighted by atomic mass is 16.5. The van der Waals surface area contributed by atoms with E-state index in [1.165, 1.54) is 0 Å². The number of ether oxygens (including phenoxy) is 1. The highest BCUT2D eigenvalue weighted by molar-refractivity contribution is 5.86. The number of aliphatic imine (C=N–C) groups is 1. The van der Waals surface area contributed by atoms with Gasteiger partial charge in [-0.15, -0.1) is 0 Å². The molecule has 0 aliphatic rings. The molecule has 1 atom stereocenters. The molecule has 1 amide bonds. The molecule has 0 heterocycles. The largest absolute Gasteiger partial charge is 0.388 e. The van der Waals surface area contributed by atoms with Crippen LogP contribution < -0.4 is 11.1 Å². The monoisotopic (exact) mass is 187 g/mol. The van der Waals surface area contributed by atoms with Crippen molar-refractivity contribution in [3.05, 3.63) is 0 Å². The first kappa shape index (κ1) is 11.9. The van der Waals surface area contributed by atoms with Gasteiger partial charge in [-0.25, -0.2) is 0 Å². The molecule has 5 nitrogen and oxygen atoms in total. The third-order valence-corrected chi connectivity index (χ3v) is 1.38. The first-order valence-corrected chi connectivity index (χ1v) is 4.14. The van der Waals surface area contributed by atoms with E-state index < -0.39 is 6.04 Å². The molecule has 0 spiro atoms. The lowest BCUT2D eigenvalue weighted by molar-refractivity contribution is -0.122. The molecule has 13 heavy (non-hydrogen) atoms. The molecule has 3 N–H and O–H groups in total. The molecule has 0 saturated heterocycles. The maximum atomic E-state index is 11.2. The number of nitrogens with one attached hydrogen (secondary N) is 1. The van der Waals surface area contributed by atoms with Crippen LogP contribution in [0.15, 0.2) is 4.99 Å². The van der Waals surface area contributed by atoms with E-state index in [-0.39, 0.29) is 5.91 Å². The number of nitrogens with zero attached hydrogens (tertiary/aromatic N) is 1. The van der Waals surface area contributed by atoms with Crippen molar-refractivity contribution in [1.82, 2.24) is 5.32 Å². The van der Waals surface area contributed by atoms with Gasteiger partial charge in [0.25, 0.3) is 0 Å². The lowest BCUT2D eigenvalue weighted by Crippen LogP contribution is -2.34. The number of hydrogen-bond donors (Lipinski definition) is 2. The van der Waals surface area contributed by atoms with Crippen molar-refractivity contribution in [3.63, 3.8) is 0 Å². The number of methoxy groups -OCH3 is 1. The van der Waals surface area contributed by atoms with Gasteiger partial charge in [0, 0.05) is 13.7 Å². The fourth-order valence-corrected chi connectivity index (χ4v) is 0.788. The topological polar surface area (TPSA) is 76.7 Å². The van der Waals surface area contributed by atoms with Crippen molar-refractivity contribution in [2.24, 2.45) is 10.7 Å². The standard InChI is InChI=1S/C8H17N3O2/c1-6(11-7(2)9)8(12)10-4-5-13-3/h6H,4-5H2,1-3H3,(H2,9,11)(H,10,12). The molecule has 0 rings (SSSR count). The lowest BCUT2D eigenvalue weighted by atomic mass is 10.3. The predicted molar refractivity (Wildman–Crippen MR) is 51.6 cm³/mol. The van der Waals surface area contributed by atoms with E-state index in [4.69, 9.17) is 10.5 Å². The van der Waals surface area contributed by atoms with Crippen molar-refractivity contribution in [1.29, 1.82) is 0 Å². The summed E-state index contributed by atoms with van der Waals surface area (Å²) < 4.78 is 4.78. The van der Waals surface area contributed by atoms with E-state index in [1.807, 2.05) is 0 Å². The highest BCUT2D eigenvalue weighted by Crippen LogP contribution is 1.88. The van der Waals surface area contributed by atoms with Crippen molar-refractivity contribution in [2.45, 2.75) is 19.9 Å². The zero-order chi connectivity index (χ0) is 10.3. The van der Waals surface area contributed by atoms with Gasteiger partial charge in [0.15, 0.2) is 0 Å². The number of carbonyl (C=O) groups is 1. The smallest absolute Gasteiger partial charge is 0.244 e. The van der Waals surface area contributed by atoms with Crippen LogP contribution in [0.3, 0.4) is 0 Å². The van der Waals surface area contributed by atoms with Gasteiger partial charge >= 0.3 is 0 Å². The van der Waals surface area contributed by atoms with Crippen LogP contribution in [0.1, 0.15) is 13.8 Å². The summed E-state index contributed by atoms with van der Waals surface area (Å²) in [7, 11) is 1.58. The minimum atomic E-state index is -0.429. The van der Waals surface area contributed by atoms with Gasteiger partial charge in [0.1, 0.15) is 6.04 Å². The molecule has 0 aromatic heterocycles. The number of carbonyl (C=O) groups excluding carboxylic acids is 1. The Labute approximate surface area is 78.4 Å². The van der Waals surface area contributed by atoms with Crippen molar-refractivity contribution in [2.75, 3.05) is 20.3 Å². The van der Waals surface area contributed by atoms with Crippen LogP contribution in [-0.4, -0.2) is 38.0 Å². The van der Waals surface area contributed by atoms with E-state index in [2.05, 4.69) is 10.3 Å². The average molecular weight is 187 g/mol. The lowest BCUT2D eigenvalue weighted by Gasteiger charge is -2.07. The fourth-order valence-electron chi connectivity index (χ4n) is 0.788. The molecule has 0 aliphatic heterocycles. The Morgan fingerprint density at radius 2 is 2.31 bits per heavy atom. The number of rotatable bonds is 5. The summed E-state index contributed by atoms with van der Waals surface area (Å²) in [5, 5.41) is 2.66. The van der Waals surface area contributed by atoms with Gasteiger partial charge in [-0.3, -0.25) is 9.79 Å². The molecule has 0 aliphatic carbocycles. The average Bonchev–Trinajstić information content (AvgIpc) is 2.03. The van der Waals surface area contributed by atoms with Crippen molar-refractivity contribution in [3.8, 4) is 0 Å². The fraction of sp³-hybridized carbons (Fsp3) is 0.750.